The highest BCUT2D eigenvalue weighted by molar-refractivity contribution is 5.66. The Hall–Kier alpha value is -1.68. The Morgan fingerprint density at radius 2 is 2.11 bits per heavy atom. The fourth-order valence-corrected chi connectivity index (χ4v) is 2.02. The summed E-state index contributed by atoms with van der Waals surface area (Å²) in [6.45, 7) is 5.60. The SMILES string of the molecule is CCNCc1ccc(F)c(-c2cn(C)nc2C)c1. The normalized spacial score (nSPS) is 10.9. The van der Waals surface area contributed by atoms with Crippen molar-refractivity contribution in [2.75, 3.05) is 6.54 Å². The lowest BCUT2D eigenvalue weighted by atomic mass is 10.0. The van der Waals surface area contributed by atoms with Gasteiger partial charge in [0.25, 0.3) is 0 Å². The van der Waals surface area contributed by atoms with Crippen molar-refractivity contribution in [3.05, 3.63) is 41.5 Å². The predicted octanol–water partition coefficient (Wildman–Crippen LogP) is 2.64. The molecular weight excluding hydrogens is 229 g/mol. The Kier molecular flexibility index (Phi) is 3.77. The van der Waals surface area contributed by atoms with Gasteiger partial charge in [0.1, 0.15) is 5.82 Å². The lowest BCUT2D eigenvalue weighted by molar-refractivity contribution is 0.629. The number of aryl methyl sites for hydroxylation is 2. The molecule has 0 aliphatic carbocycles. The highest BCUT2D eigenvalue weighted by atomic mass is 19.1. The first-order valence-corrected chi connectivity index (χ1v) is 6.11. The largest absolute Gasteiger partial charge is 0.313 e. The molecule has 1 N–H and O–H groups in total. The van der Waals surface area contributed by atoms with E-state index in [1.807, 2.05) is 32.3 Å². The molecule has 96 valence electrons. The smallest absolute Gasteiger partial charge is 0.131 e. The number of rotatable bonds is 4. The van der Waals surface area contributed by atoms with E-state index in [2.05, 4.69) is 17.3 Å². The first kappa shape index (κ1) is 12.8. The Bertz CT molecular complexity index is 546. The second-order valence-electron chi connectivity index (χ2n) is 4.40. The summed E-state index contributed by atoms with van der Waals surface area (Å²) in [4.78, 5) is 0. The molecule has 0 bridgehead atoms. The van der Waals surface area contributed by atoms with Crippen LogP contribution in [0.2, 0.25) is 0 Å². The molecule has 0 amide bonds. The van der Waals surface area contributed by atoms with E-state index in [1.54, 1.807) is 4.68 Å². The van der Waals surface area contributed by atoms with Gasteiger partial charge in [-0.3, -0.25) is 4.68 Å². The van der Waals surface area contributed by atoms with Crippen LogP contribution in [0.25, 0.3) is 11.1 Å². The van der Waals surface area contributed by atoms with Crippen LogP contribution < -0.4 is 5.32 Å². The molecule has 0 saturated heterocycles. The molecule has 4 heteroatoms. The molecular formula is C14H18FN3. The highest BCUT2D eigenvalue weighted by Gasteiger charge is 2.11. The Balaban J connectivity index is 2.40. The van der Waals surface area contributed by atoms with Crippen molar-refractivity contribution in [2.45, 2.75) is 20.4 Å². The number of nitrogens with zero attached hydrogens (tertiary/aromatic N) is 2. The second-order valence-corrected chi connectivity index (χ2v) is 4.40. The molecule has 1 heterocycles. The summed E-state index contributed by atoms with van der Waals surface area (Å²) in [5, 5.41) is 7.49. The average Bonchev–Trinajstić information content (AvgIpc) is 2.67. The van der Waals surface area contributed by atoms with E-state index in [4.69, 9.17) is 0 Å². The third kappa shape index (κ3) is 2.59. The molecule has 3 nitrogen and oxygen atoms in total. The number of hydrogen-bond acceptors (Lipinski definition) is 2. The van der Waals surface area contributed by atoms with Gasteiger partial charge in [0.2, 0.25) is 0 Å². The molecule has 0 spiro atoms. The zero-order chi connectivity index (χ0) is 13.1. The molecule has 1 aromatic heterocycles. The van der Waals surface area contributed by atoms with Crippen LogP contribution in [0.3, 0.4) is 0 Å². The molecule has 0 saturated carbocycles. The van der Waals surface area contributed by atoms with E-state index >= 15 is 0 Å². The number of hydrogen-bond donors (Lipinski definition) is 1. The lowest BCUT2D eigenvalue weighted by Gasteiger charge is -2.06. The molecule has 0 radical (unpaired) electrons. The van der Waals surface area contributed by atoms with E-state index in [-0.39, 0.29) is 5.82 Å². The summed E-state index contributed by atoms with van der Waals surface area (Å²) >= 11 is 0. The van der Waals surface area contributed by atoms with Crippen LogP contribution in [0, 0.1) is 12.7 Å². The predicted molar refractivity (Wildman–Crippen MR) is 70.7 cm³/mol. The number of benzene rings is 1. The number of aromatic nitrogens is 2. The average molecular weight is 247 g/mol. The van der Waals surface area contributed by atoms with Crippen molar-refractivity contribution in [3.8, 4) is 11.1 Å². The monoisotopic (exact) mass is 247 g/mol. The maximum absolute atomic E-state index is 13.9. The van der Waals surface area contributed by atoms with E-state index in [1.165, 1.54) is 6.07 Å². The molecule has 18 heavy (non-hydrogen) atoms. The van der Waals surface area contributed by atoms with E-state index in [0.29, 0.717) is 5.56 Å². The minimum atomic E-state index is -0.202. The van der Waals surface area contributed by atoms with Gasteiger partial charge < -0.3 is 5.32 Å². The number of halogens is 1. The van der Waals surface area contributed by atoms with E-state index in [0.717, 1.165) is 29.9 Å². The van der Waals surface area contributed by atoms with Crippen molar-refractivity contribution in [3.63, 3.8) is 0 Å². The maximum Gasteiger partial charge on any atom is 0.131 e. The molecule has 0 aliphatic heterocycles. The third-order valence-corrected chi connectivity index (χ3v) is 2.91. The topological polar surface area (TPSA) is 29.9 Å². The van der Waals surface area contributed by atoms with Crippen LogP contribution in [0.15, 0.2) is 24.4 Å². The van der Waals surface area contributed by atoms with Crippen molar-refractivity contribution in [1.29, 1.82) is 0 Å². The van der Waals surface area contributed by atoms with Gasteiger partial charge in [0.05, 0.1) is 5.69 Å². The van der Waals surface area contributed by atoms with Crippen molar-refractivity contribution in [1.82, 2.24) is 15.1 Å². The highest BCUT2D eigenvalue weighted by Crippen LogP contribution is 2.26. The van der Waals surface area contributed by atoms with Crippen molar-refractivity contribution in [2.24, 2.45) is 7.05 Å². The van der Waals surface area contributed by atoms with Gasteiger partial charge in [-0.1, -0.05) is 13.0 Å². The molecule has 0 atom stereocenters. The molecule has 2 rings (SSSR count). The van der Waals surface area contributed by atoms with Crippen molar-refractivity contribution >= 4 is 0 Å². The fourth-order valence-electron chi connectivity index (χ4n) is 2.02. The Morgan fingerprint density at radius 3 is 2.72 bits per heavy atom. The molecule has 0 fully saturated rings. The minimum absolute atomic E-state index is 0.202. The van der Waals surface area contributed by atoms with Gasteiger partial charge in [0.15, 0.2) is 0 Å². The Labute approximate surface area is 107 Å². The maximum atomic E-state index is 13.9. The van der Waals surface area contributed by atoms with Crippen LogP contribution in [0.4, 0.5) is 4.39 Å². The summed E-state index contributed by atoms with van der Waals surface area (Å²) in [6.07, 6.45) is 1.85. The van der Waals surface area contributed by atoms with Gasteiger partial charge in [-0.25, -0.2) is 4.39 Å². The molecule has 0 unspecified atom stereocenters. The fraction of sp³-hybridized carbons (Fsp3) is 0.357. The molecule has 0 aliphatic rings. The quantitative estimate of drug-likeness (QED) is 0.900. The summed E-state index contributed by atoms with van der Waals surface area (Å²) in [6, 6.07) is 5.23. The molecule has 2 aromatic rings. The van der Waals surface area contributed by atoms with Crippen LogP contribution in [-0.2, 0) is 13.6 Å². The zero-order valence-electron chi connectivity index (χ0n) is 11.0. The van der Waals surface area contributed by atoms with Crippen LogP contribution in [-0.4, -0.2) is 16.3 Å². The van der Waals surface area contributed by atoms with Gasteiger partial charge >= 0.3 is 0 Å². The standard InChI is InChI=1S/C14H18FN3/c1-4-16-8-11-5-6-14(15)12(7-11)13-9-18(3)17-10(13)2/h5-7,9,16H,4,8H2,1-3H3. The molecule has 1 aromatic carbocycles. The summed E-state index contributed by atoms with van der Waals surface area (Å²) in [5.74, 6) is -0.202. The van der Waals surface area contributed by atoms with Gasteiger partial charge in [-0.2, -0.15) is 5.10 Å². The number of nitrogens with one attached hydrogen (secondary N) is 1. The zero-order valence-corrected chi connectivity index (χ0v) is 11.0. The summed E-state index contributed by atoms with van der Waals surface area (Å²) < 4.78 is 15.6. The van der Waals surface area contributed by atoms with Gasteiger partial charge in [-0.05, 0) is 31.2 Å². The summed E-state index contributed by atoms with van der Waals surface area (Å²) in [7, 11) is 1.84. The van der Waals surface area contributed by atoms with Crippen molar-refractivity contribution < 1.29 is 4.39 Å². The first-order valence-electron chi connectivity index (χ1n) is 6.11. The van der Waals surface area contributed by atoms with Gasteiger partial charge in [0, 0.05) is 30.9 Å². The van der Waals surface area contributed by atoms with Crippen LogP contribution in [0.1, 0.15) is 18.2 Å². The Morgan fingerprint density at radius 1 is 1.33 bits per heavy atom. The van der Waals surface area contributed by atoms with E-state index in [9.17, 15) is 4.39 Å². The first-order chi connectivity index (χ1) is 8.61. The van der Waals surface area contributed by atoms with Gasteiger partial charge in [-0.15, -0.1) is 0 Å². The van der Waals surface area contributed by atoms with E-state index < -0.39 is 0 Å². The van der Waals surface area contributed by atoms with Crippen LogP contribution >= 0.6 is 0 Å². The summed E-state index contributed by atoms with van der Waals surface area (Å²) in [5.41, 5.74) is 3.40. The lowest BCUT2D eigenvalue weighted by Crippen LogP contribution is -2.11. The van der Waals surface area contributed by atoms with Crippen LogP contribution in [0.5, 0.6) is 0 Å². The third-order valence-electron chi connectivity index (χ3n) is 2.91. The minimum Gasteiger partial charge on any atom is -0.313 e. The second kappa shape index (κ2) is 5.31.